The first-order valence-corrected chi connectivity index (χ1v) is 7.49. The van der Waals surface area contributed by atoms with Gasteiger partial charge in [-0.05, 0) is 24.3 Å². The summed E-state index contributed by atoms with van der Waals surface area (Å²) < 4.78 is 0. The molecule has 0 unspecified atom stereocenters. The van der Waals surface area contributed by atoms with Gasteiger partial charge in [-0.25, -0.2) is 0 Å². The third kappa shape index (κ3) is 3.38. The molecule has 0 N–H and O–H groups in total. The zero-order chi connectivity index (χ0) is 12.6. The van der Waals surface area contributed by atoms with E-state index in [4.69, 9.17) is 5.26 Å². The highest BCUT2D eigenvalue weighted by Crippen LogP contribution is 2.24. The van der Waals surface area contributed by atoms with E-state index >= 15 is 0 Å². The van der Waals surface area contributed by atoms with E-state index in [0.29, 0.717) is 6.42 Å². The van der Waals surface area contributed by atoms with Gasteiger partial charge in [-0.3, -0.25) is 0 Å². The molecule has 2 heteroatoms. The molecular weight excluding hydrogens is 238 g/mol. The normalized spacial score (nSPS) is 10.2. The van der Waals surface area contributed by atoms with Gasteiger partial charge in [0.25, 0.3) is 0 Å². The van der Waals surface area contributed by atoms with Gasteiger partial charge in [0.05, 0.1) is 17.0 Å². The molecule has 0 aliphatic carbocycles. The van der Waals surface area contributed by atoms with Crippen LogP contribution in [0.15, 0.2) is 70.5 Å². The molecule has 2 aromatic rings. The molecule has 0 radical (unpaired) electrons. The lowest BCUT2D eigenvalue weighted by Crippen LogP contribution is -2.08. The van der Waals surface area contributed by atoms with Gasteiger partial charge in [-0.1, -0.05) is 36.4 Å². The lowest BCUT2D eigenvalue weighted by atomic mass is 10.4. The summed E-state index contributed by atoms with van der Waals surface area (Å²) in [5.41, 5.74) is 0. The molecule has 0 heterocycles. The molecule has 0 saturated heterocycles. The van der Waals surface area contributed by atoms with Gasteiger partial charge >= 0.3 is 0 Å². The van der Waals surface area contributed by atoms with E-state index in [1.54, 1.807) is 0 Å². The zero-order valence-electron chi connectivity index (χ0n) is 10.3. The van der Waals surface area contributed by atoms with E-state index in [0.717, 1.165) is 12.2 Å². The minimum absolute atomic E-state index is 0.0962. The molecule has 0 fully saturated rings. The molecule has 0 bridgehead atoms. The molecule has 0 amide bonds. The third-order valence-corrected chi connectivity index (χ3v) is 5.07. The largest absolute Gasteiger partial charge is 0.198 e. The lowest BCUT2D eigenvalue weighted by Gasteiger charge is -2.06. The topological polar surface area (TPSA) is 23.8 Å². The van der Waals surface area contributed by atoms with E-state index in [1.165, 1.54) is 9.79 Å². The minimum Gasteiger partial charge on any atom is -0.198 e. The van der Waals surface area contributed by atoms with Crippen molar-refractivity contribution in [1.82, 2.24) is 0 Å². The molecule has 0 saturated carbocycles. The van der Waals surface area contributed by atoms with Crippen LogP contribution in [-0.4, -0.2) is 5.75 Å². The van der Waals surface area contributed by atoms with Crippen LogP contribution in [0.5, 0.6) is 0 Å². The van der Waals surface area contributed by atoms with Crippen LogP contribution in [0.2, 0.25) is 0 Å². The molecule has 0 spiro atoms. The van der Waals surface area contributed by atoms with Gasteiger partial charge < -0.3 is 0 Å². The quantitative estimate of drug-likeness (QED) is 0.584. The molecule has 1 nitrogen and oxygen atoms in total. The average Bonchev–Trinajstić information content (AvgIpc) is 2.46. The van der Waals surface area contributed by atoms with E-state index in [2.05, 4.69) is 54.6 Å². The van der Waals surface area contributed by atoms with Gasteiger partial charge in [0.2, 0.25) is 0 Å². The Morgan fingerprint density at radius 2 is 1.33 bits per heavy atom. The molecule has 90 valence electrons. The first kappa shape index (κ1) is 12.7. The van der Waals surface area contributed by atoms with Gasteiger partial charge in [0.1, 0.15) is 5.75 Å². The first-order chi connectivity index (χ1) is 8.92. The highest BCUT2D eigenvalue weighted by molar-refractivity contribution is 7.97. The summed E-state index contributed by atoms with van der Waals surface area (Å²) in [6, 6.07) is 23.4. The summed E-state index contributed by atoms with van der Waals surface area (Å²) in [6.45, 7) is 0. The molecule has 18 heavy (non-hydrogen) atoms. The predicted octanol–water partition coefficient (Wildman–Crippen LogP) is 4.03. The maximum Gasteiger partial charge on any atom is 0.160 e. The summed E-state index contributed by atoms with van der Waals surface area (Å²) in [4.78, 5) is 2.73. The number of rotatable bonds is 5. The van der Waals surface area contributed by atoms with Crippen LogP contribution in [0.25, 0.3) is 0 Å². The Labute approximate surface area is 111 Å². The second-order valence-corrected chi connectivity index (χ2v) is 6.12. The number of nitriles is 1. The van der Waals surface area contributed by atoms with Crippen molar-refractivity contribution in [2.45, 2.75) is 22.6 Å². The number of unbranched alkanes of at least 4 members (excludes halogenated alkanes) is 1. The summed E-state index contributed by atoms with van der Waals surface area (Å²) in [5, 5.41) is 8.67. The molecule has 0 atom stereocenters. The number of hydrogen-bond donors (Lipinski definition) is 0. The fourth-order valence-corrected chi connectivity index (χ4v) is 3.98. The number of nitrogens with zero attached hydrogens (tertiary/aromatic N) is 1. The highest BCUT2D eigenvalue weighted by atomic mass is 32.2. The first-order valence-electron chi connectivity index (χ1n) is 6.10. The van der Waals surface area contributed by atoms with Crippen molar-refractivity contribution in [1.29, 1.82) is 5.26 Å². The second kappa shape index (κ2) is 6.88. The molecule has 0 aliphatic rings. The Kier molecular flexibility index (Phi) is 4.87. The molecular formula is C16H16NS+. The summed E-state index contributed by atoms with van der Waals surface area (Å²) in [7, 11) is 0.0962. The standard InChI is InChI=1S/C16H16NS/c17-13-7-8-14-18(15-9-3-1-4-10-15)16-11-5-2-6-12-16/h1-6,9-12H,7-8,14H2/q+1. The average molecular weight is 254 g/mol. The van der Waals surface area contributed by atoms with Gasteiger partial charge in [-0.15, -0.1) is 0 Å². The van der Waals surface area contributed by atoms with Crippen molar-refractivity contribution in [3.05, 3.63) is 60.7 Å². The van der Waals surface area contributed by atoms with E-state index in [1.807, 2.05) is 12.1 Å². The second-order valence-electron chi connectivity index (χ2n) is 3.98. The summed E-state index contributed by atoms with van der Waals surface area (Å²) in [6.07, 6.45) is 1.60. The van der Waals surface area contributed by atoms with Gasteiger partial charge in [0, 0.05) is 12.8 Å². The van der Waals surface area contributed by atoms with Crippen LogP contribution < -0.4 is 0 Å². The van der Waals surface area contributed by atoms with Crippen LogP contribution in [0.3, 0.4) is 0 Å². The molecule has 2 rings (SSSR count). The van der Waals surface area contributed by atoms with Crippen LogP contribution in [0, 0.1) is 11.3 Å². The van der Waals surface area contributed by atoms with E-state index in [-0.39, 0.29) is 10.9 Å². The molecule has 0 aromatic heterocycles. The Morgan fingerprint density at radius 3 is 1.78 bits per heavy atom. The fraction of sp³-hybridized carbons (Fsp3) is 0.188. The fourth-order valence-electron chi connectivity index (χ4n) is 1.84. The maximum atomic E-state index is 8.67. The van der Waals surface area contributed by atoms with Crippen molar-refractivity contribution < 1.29 is 0 Å². The minimum atomic E-state index is 0.0962. The highest BCUT2D eigenvalue weighted by Gasteiger charge is 2.23. The number of hydrogen-bond acceptors (Lipinski definition) is 1. The van der Waals surface area contributed by atoms with E-state index in [9.17, 15) is 0 Å². The van der Waals surface area contributed by atoms with Crippen LogP contribution >= 0.6 is 0 Å². The van der Waals surface area contributed by atoms with Crippen molar-refractivity contribution in [2.75, 3.05) is 5.75 Å². The Bertz CT molecular complexity index is 462. The zero-order valence-corrected chi connectivity index (χ0v) is 11.1. The number of benzene rings is 2. The summed E-state index contributed by atoms with van der Waals surface area (Å²) in [5.74, 6) is 1.06. The van der Waals surface area contributed by atoms with Crippen molar-refractivity contribution in [3.8, 4) is 6.07 Å². The van der Waals surface area contributed by atoms with Crippen molar-refractivity contribution in [2.24, 2.45) is 0 Å². The Hall–Kier alpha value is -1.72. The predicted molar refractivity (Wildman–Crippen MR) is 76.5 cm³/mol. The third-order valence-electron chi connectivity index (χ3n) is 2.69. The summed E-state index contributed by atoms with van der Waals surface area (Å²) >= 11 is 0. The SMILES string of the molecule is N#CCCC[S+](c1ccccc1)c1ccccc1. The van der Waals surface area contributed by atoms with Crippen LogP contribution in [0.4, 0.5) is 0 Å². The smallest absolute Gasteiger partial charge is 0.160 e. The van der Waals surface area contributed by atoms with E-state index < -0.39 is 0 Å². The van der Waals surface area contributed by atoms with Crippen LogP contribution in [0.1, 0.15) is 12.8 Å². The Balaban J connectivity index is 2.21. The van der Waals surface area contributed by atoms with Crippen molar-refractivity contribution >= 4 is 10.9 Å². The van der Waals surface area contributed by atoms with Crippen LogP contribution in [-0.2, 0) is 10.9 Å². The lowest BCUT2D eigenvalue weighted by molar-refractivity contribution is 0.973. The van der Waals surface area contributed by atoms with Gasteiger partial charge in [-0.2, -0.15) is 5.26 Å². The van der Waals surface area contributed by atoms with Crippen molar-refractivity contribution in [3.63, 3.8) is 0 Å². The Morgan fingerprint density at radius 1 is 0.833 bits per heavy atom. The van der Waals surface area contributed by atoms with Gasteiger partial charge in [0.15, 0.2) is 9.79 Å². The molecule has 2 aromatic carbocycles. The molecule has 0 aliphatic heterocycles. The monoisotopic (exact) mass is 254 g/mol. The maximum absolute atomic E-state index is 8.67.